The molecule has 0 radical (unpaired) electrons. The number of nitrogen functional groups attached to an aromatic ring is 1. The lowest BCUT2D eigenvalue weighted by Crippen LogP contribution is -2.06. The normalized spacial score (nSPS) is 11.9. The van der Waals surface area contributed by atoms with Crippen LogP contribution < -0.4 is 5.73 Å². The van der Waals surface area contributed by atoms with Gasteiger partial charge in [-0.1, -0.05) is 6.07 Å². The lowest BCUT2D eigenvalue weighted by molar-refractivity contribution is 0.481. The quantitative estimate of drug-likeness (QED) is 0.362. The molecule has 0 saturated carbocycles. The average molecular weight is 365 g/mol. The third kappa shape index (κ3) is 3.70. The Morgan fingerprint density at radius 1 is 0.955 bits per heavy atom. The van der Waals surface area contributed by atoms with Gasteiger partial charge in [0.05, 0.1) is 5.69 Å². The van der Waals surface area contributed by atoms with Crippen molar-refractivity contribution in [1.29, 1.82) is 0 Å². The van der Waals surface area contributed by atoms with E-state index >= 15 is 0 Å². The first-order chi connectivity index (χ1) is 10.0. The molecule has 0 aliphatic heterocycles. The van der Waals surface area contributed by atoms with Crippen LogP contribution in [-0.4, -0.2) is 32.2 Å². The summed E-state index contributed by atoms with van der Waals surface area (Å²) in [6.07, 6.45) is 1.69. The molecule has 0 amide bonds. The molecule has 122 valence electrons. The molecule has 0 spiro atoms. The highest BCUT2D eigenvalue weighted by atomic mass is 32.2. The largest absolute Gasteiger partial charge is 0.398 e. The van der Waals surface area contributed by atoms with Gasteiger partial charge >= 0.3 is 0 Å². The van der Waals surface area contributed by atoms with Crippen LogP contribution in [0.2, 0.25) is 0 Å². The van der Waals surface area contributed by atoms with Gasteiger partial charge in [-0.3, -0.25) is 9.11 Å². The standard InChI is InChI=1S/C11H11NO6S2.CH4S/c1-6-4-8-7(10(5-6)19(13,14)15)2-3-9(12)11(8)20(16,17)18;1-2/h2-5H,12H2,1H3,(H,13,14,15)(H,16,17,18);2H,1H3. The predicted octanol–water partition coefficient (Wildman–Crippen LogP) is 1.77. The SMILES string of the molecule is CS.Cc1cc(S(=O)(=O)O)c2ccc(N)c(S(=O)(=O)O)c2c1. The van der Waals surface area contributed by atoms with E-state index in [-0.39, 0.29) is 16.5 Å². The van der Waals surface area contributed by atoms with E-state index in [1.807, 2.05) is 0 Å². The average Bonchev–Trinajstić information content (AvgIpc) is 2.37. The van der Waals surface area contributed by atoms with Gasteiger partial charge in [0, 0.05) is 10.8 Å². The molecule has 0 aliphatic rings. The molecule has 2 aromatic carbocycles. The van der Waals surface area contributed by atoms with Gasteiger partial charge in [-0.25, -0.2) is 0 Å². The molecule has 0 fully saturated rings. The van der Waals surface area contributed by atoms with Crippen molar-refractivity contribution >= 4 is 49.3 Å². The van der Waals surface area contributed by atoms with Crippen molar-refractivity contribution in [1.82, 2.24) is 0 Å². The van der Waals surface area contributed by atoms with Crippen molar-refractivity contribution in [2.75, 3.05) is 12.0 Å². The Bertz CT molecular complexity index is 920. The van der Waals surface area contributed by atoms with E-state index < -0.39 is 30.0 Å². The Labute approximate surface area is 134 Å². The lowest BCUT2D eigenvalue weighted by atomic mass is 10.1. The molecular formula is C12H15NO6S3. The predicted molar refractivity (Wildman–Crippen MR) is 87.6 cm³/mol. The first kappa shape index (κ1) is 18.7. The molecule has 2 rings (SSSR count). The third-order valence-corrected chi connectivity index (χ3v) is 4.62. The number of thiol groups is 1. The minimum Gasteiger partial charge on any atom is -0.398 e. The Kier molecular flexibility index (Phi) is 5.47. The topological polar surface area (TPSA) is 135 Å². The zero-order valence-electron chi connectivity index (χ0n) is 11.7. The van der Waals surface area contributed by atoms with Gasteiger partial charge in [0.1, 0.15) is 9.79 Å². The zero-order chi connectivity index (χ0) is 17.3. The second kappa shape index (κ2) is 6.42. The third-order valence-electron chi connectivity index (χ3n) is 2.76. The number of nitrogens with two attached hydrogens (primary N) is 1. The Hall–Kier alpha value is -1.33. The minimum absolute atomic E-state index is 0.0417. The van der Waals surface area contributed by atoms with Crippen LogP contribution in [0.15, 0.2) is 34.1 Å². The van der Waals surface area contributed by atoms with Gasteiger partial charge in [0.2, 0.25) is 0 Å². The molecule has 10 heteroatoms. The van der Waals surface area contributed by atoms with Crippen LogP contribution in [0.1, 0.15) is 5.56 Å². The highest BCUT2D eigenvalue weighted by molar-refractivity contribution is 7.86. The van der Waals surface area contributed by atoms with E-state index in [0.717, 1.165) is 6.07 Å². The zero-order valence-corrected chi connectivity index (χ0v) is 14.2. The van der Waals surface area contributed by atoms with Crippen LogP contribution in [0.5, 0.6) is 0 Å². The molecule has 0 heterocycles. The highest BCUT2D eigenvalue weighted by Crippen LogP contribution is 2.33. The number of benzene rings is 2. The molecule has 7 nitrogen and oxygen atoms in total. The monoisotopic (exact) mass is 365 g/mol. The van der Waals surface area contributed by atoms with Gasteiger partial charge < -0.3 is 5.73 Å². The lowest BCUT2D eigenvalue weighted by Gasteiger charge is -2.11. The maximum atomic E-state index is 11.4. The summed E-state index contributed by atoms with van der Waals surface area (Å²) in [6, 6.07) is 4.97. The van der Waals surface area contributed by atoms with Crippen LogP contribution in [0.4, 0.5) is 5.69 Å². The molecule has 0 unspecified atom stereocenters. The van der Waals surface area contributed by atoms with E-state index in [9.17, 15) is 25.9 Å². The summed E-state index contributed by atoms with van der Waals surface area (Å²) in [6.45, 7) is 1.52. The number of anilines is 1. The molecule has 0 aromatic heterocycles. The molecule has 4 N–H and O–H groups in total. The van der Waals surface area contributed by atoms with Crippen LogP contribution in [0.25, 0.3) is 10.8 Å². The highest BCUT2D eigenvalue weighted by Gasteiger charge is 2.22. The van der Waals surface area contributed by atoms with Crippen molar-refractivity contribution in [3.63, 3.8) is 0 Å². The summed E-state index contributed by atoms with van der Waals surface area (Å²) in [4.78, 5) is -1.03. The fourth-order valence-electron chi connectivity index (χ4n) is 2.03. The maximum Gasteiger partial charge on any atom is 0.297 e. The van der Waals surface area contributed by atoms with Gasteiger partial charge in [-0.2, -0.15) is 29.5 Å². The van der Waals surface area contributed by atoms with Crippen LogP contribution in [0, 0.1) is 6.92 Å². The van der Waals surface area contributed by atoms with E-state index in [2.05, 4.69) is 12.6 Å². The molecule has 2 aromatic rings. The molecule has 0 saturated heterocycles. The number of hydrogen-bond donors (Lipinski definition) is 4. The second-order valence-electron chi connectivity index (χ2n) is 4.29. The fraction of sp³-hybridized carbons (Fsp3) is 0.167. The second-order valence-corrected chi connectivity index (χ2v) is 7.04. The van der Waals surface area contributed by atoms with Crippen molar-refractivity contribution in [2.45, 2.75) is 16.7 Å². The van der Waals surface area contributed by atoms with Crippen molar-refractivity contribution in [2.24, 2.45) is 0 Å². The van der Waals surface area contributed by atoms with E-state index in [1.54, 1.807) is 6.26 Å². The van der Waals surface area contributed by atoms with Crippen LogP contribution in [0.3, 0.4) is 0 Å². The van der Waals surface area contributed by atoms with E-state index in [4.69, 9.17) is 5.73 Å². The molecule has 22 heavy (non-hydrogen) atoms. The molecular weight excluding hydrogens is 350 g/mol. The van der Waals surface area contributed by atoms with Crippen molar-refractivity contribution in [3.05, 3.63) is 29.8 Å². The van der Waals surface area contributed by atoms with Gasteiger partial charge in [0.15, 0.2) is 0 Å². The molecule has 0 bridgehead atoms. The smallest absolute Gasteiger partial charge is 0.297 e. The number of hydrogen-bond acceptors (Lipinski definition) is 6. The fourth-order valence-corrected chi connectivity index (χ4v) is 3.63. The van der Waals surface area contributed by atoms with Gasteiger partial charge in [-0.05, 0) is 36.9 Å². The molecule has 0 atom stereocenters. The summed E-state index contributed by atoms with van der Waals surface area (Å²) < 4.78 is 64.0. The number of aryl methyl sites for hydroxylation is 1. The van der Waals surface area contributed by atoms with Crippen molar-refractivity contribution < 1.29 is 25.9 Å². The number of rotatable bonds is 2. The minimum atomic E-state index is -4.64. The van der Waals surface area contributed by atoms with Crippen LogP contribution >= 0.6 is 12.6 Å². The van der Waals surface area contributed by atoms with Gasteiger partial charge in [-0.15, -0.1) is 0 Å². The summed E-state index contributed by atoms with van der Waals surface area (Å²) in [5.74, 6) is 0. The van der Waals surface area contributed by atoms with E-state index in [1.165, 1.54) is 25.1 Å². The summed E-state index contributed by atoms with van der Waals surface area (Å²) >= 11 is 3.53. The maximum absolute atomic E-state index is 11.4. The van der Waals surface area contributed by atoms with Gasteiger partial charge in [0.25, 0.3) is 20.2 Å². The first-order valence-corrected chi connectivity index (χ1v) is 9.52. The Morgan fingerprint density at radius 3 is 1.95 bits per heavy atom. The Balaban J connectivity index is 0.00000116. The number of fused-ring (bicyclic) bond motifs is 1. The van der Waals surface area contributed by atoms with Crippen molar-refractivity contribution in [3.8, 4) is 0 Å². The summed E-state index contributed by atoms with van der Waals surface area (Å²) in [7, 11) is -9.18. The Morgan fingerprint density at radius 2 is 1.50 bits per heavy atom. The summed E-state index contributed by atoms with van der Waals surface area (Å²) in [5.41, 5.74) is 5.70. The molecule has 0 aliphatic carbocycles. The van der Waals surface area contributed by atoms with Crippen LogP contribution in [-0.2, 0) is 20.2 Å². The summed E-state index contributed by atoms with van der Waals surface area (Å²) in [5, 5.41) is -0.111. The first-order valence-electron chi connectivity index (χ1n) is 5.74. The van der Waals surface area contributed by atoms with E-state index in [0.29, 0.717) is 5.56 Å².